The first-order valence-corrected chi connectivity index (χ1v) is 15.7. The molecule has 0 radical (unpaired) electrons. The molecule has 5 rings (SSSR count). The van der Waals surface area contributed by atoms with Crippen LogP contribution in [0.25, 0.3) is 0 Å². The Morgan fingerprint density at radius 2 is 1.90 bits per heavy atom. The van der Waals surface area contributed by atoms with Crippen molar-refractivity contribution in [1.29, 1.82) is 0 Å². The molecule has 1 aliphatic carbocycles. The van der Waals surface area contributed by atoms with E-state index in [2.05, 4.69) is 0 Å². The van der Waals surface area contributed by atoms with Crippen LogP contribution >= 0.6 is 11.8 Å². The molecule has 9 nitrogen and oxygen atoms in total. The average molecular weight is 596 g/mol. The van der Waals surface area contributed by atoms with E-state index in [1.165, 1.54) is 11.8 Å². The minimum atomic E-state index is -0.646. The van der Waals surface area contributed by atoms with Crippen molar-refractivity contribution in [1.82, 2.24) is 4.90 Å². The molecule has 2 fully saturated rings. The second-order valence-corrected chi connectivity index (χ2v) is 13.3. The van der Waals surface area contributed by atoms with Crippen molar-refractivity contribution in [2.24, 2.45) is 5.92 Å². The number of thioether (sulfide) groups is 1. The Balaban J connectivity index is 1.47. The van der Waals surface area contributed by atoms with E-state index in [1.807, 2.05) is 54.8 Å². The Hall–Kier alpha value is -3.24. The molecule has 2 aromatic rings. The fraction of sp³-hybridized carbons (Fsp3) is 0.531. The van der Waals surface area contributed by atoms with Crippen molar-refractivity contribution in [3.05, 3.63) is 48.0 Å². The van der Waals surface area contributed by atoms with E-state index in [9.17, 15) is 19.5 Å². The van der Waals surface area contributed by atoms with Crippen molar-refractivity contribution in [3.63, 3.8) is 0 Å². The third kappa shape index (κ3) is 6.86. The van der Waals surface area contributed by atoms with E-state index in [4.69, 9.17) is 9.47 Å². The van der Waals surface area contributed by atoms with Crippen LogP contribution in [0.5, 0.6) is 5.75 Å². The van der Waals surface area contributed by atoms with E-state index in [0.29, 0.717) is 31.9 Å². The summed E-state index contributed by atoms with van der Waals surface area (Å²) < 4.78 is 10.9. The number of anilines is 2. The number of methoxy groups -OCH3 is 1. The average Bonchev–Trinajstić information content (AvgIpc) is 3.78. The summed E-state index contributed by atoms with van der Waals surface area (Å²) >= 11 is 1.52. The first-order chi connectivity index (χ1) is 20.1. The number of hydrogen-bond donors (Lipinski definition) is 1. The lowest BCUT2D eigenvalue weighted by molar-refractivity contribution is -0.124. The van der Waals surface area contributed by atoms with Crippen LogP contribution in [0, 0.1) is 5.92 Å². The SMILES string of the molecule is COCCCN1C(=O)CSc2ccc(N(C(=O)[C@H]3CN(C(=O)OC(C)(C)C)CC[C@@H]3c3cccc(O)c3)C3CC3)cc21. The van der Waals surface area contributed by atoms with Crippen molar-refractivity contribution in [2.75, 3.05) is 48.9 Å². The maximum absolute atomic E-state index is 14.6. The molecule has 0 spiro atoms. The van der Waals surface area contributed by atoms with Crippen LogP contribution in [0.1, 0.15) is 57.9 Å². The number of fused-ring (bicyclic) bond motifs is 1. The lowest BCUT2D eigenvalue weighted by Gasteiger charge is -2.41. The van der Waals surface area contributed by atoms with Gasteiger partial charge in [-0.05, 0) is 88.3 Å². The zero-order chi connectivity index (χ0) is 30.0. The Labute approximate surface area is 252 Å². The largest absolute Gasteiger partial charge is 0.508 e. The minimum absolute atomic E-state index is 0.0503. The quantitative estimate of drug-likeness (QED) is 0.408. The van der Waals surface area contributed by atoms with Gasteiger partial charge in [-0.2, -0.15) is 0 Å². The summed E-state index contributed by atoms with van der Waals surface area (Å²) in [5, 5.41) is 10.2. The lowest BCUT2D eigenvalue weighted by atomic mass is 9.79. The van der Waals surface area contributed by atoms with Gasteiger partial charge in [0.2, 0.25) is 11.8 Å². The monoisotopic (exact) mass is 595 g/mol. The van der Waals surface area contributed by atoms with Crippen LogP contribution < -0.4 is 9.80 Å². The molecule has 2 aromatic carbocycles. The summed E-state index contributed by atoms with van der Waals surface area (Å²) in [5.41, 5.74) is 1.82. The highest BCUT2D eigenvalue weighted by Gasteiger charge is 2.44. The highest BCUT2D eigenvalue weighted by Crippen LogP contribution is 2.43. The van der Waals surface area contributed by atoms with Crippen molar-refractivity contribution >= 4 is 41.0 Å². The number of aromatic hydroxyl groups is 1. The van der Waals surface area contributed by atoms with Crippen LogP contribution in [0.3, 0.4) is 0 Å². The van der Waals surface area contributed by atoms with E-state index < -0.39 is 17.6 Å². The number of nitrogens with zero attached hydrogens (tertiary/aromatic N) is 3. The Morgan fingerprint density at radius 1 is 1.12 bits per heavy atom. The summed E-state index contributed by atoms with van der Waals surface area (Å²) in [4.78, 5) is 47.0. The second kappa shape index (κ2) is 12.6. The number of amides is 3. The van der Waals surface area contributed by atoms with Gasteiger partial charge in [-0.1, -0.05) is 12.1 Å². The summed E-state index contributed by atoms with van der Waals surface area (Å²) in [5.74, 6) is -0.172. The third-order valence-electron chi connectivity index (χ3n) is 7.92. The number of phenols is 1. The predicted molar refractivity (Wildman–Crippen MR) is 163 cm³/mol. The predicted octanol–water partition coefficient (Wildman–Crippen LogP) is 5.40. The molecule has 0 aromatic heterocycles. The zero-order valence-electron chi connectivity index (χ0n) is 24.9. The van der Waals surface area contributed by atoms with E-state index in [-0.39, 0.29) is 36.1 Å². The highest BCUT2D eigenvalue weighted by atomic mass is 32.2. The van der Waals surface area contributed by atoms with E-state index >= 15 is 0 Å². The normalized spacial score (nSPS) is 20.7. The molecule has 0 unspecified atom stereocenters. The van der Waals surface area contributed by atoms with Gasteiger partial charge in [-0.3, -0.25) is 9.59 Å². The molecule has 0 bridgehead atoms. The summed E-state index contributed by atoms with van der Waals surface area (Å²) in [6.45, 7) is 7.29. The highest BCUT2D eigenvalue weighted by molar-refractivity contribution is 8.00. The molecule has 3 amide bonds. The number of carbonyl (C=O) groups is 3. The van der Waals surface area contributed by atoms with Gasteiger partial charge in [0.25, 0.3) is 0 Å². The van der Waals surface area contributed by atoms with Gasteiger partial charge >= 0.3 is 6.09 Å². The Kier molecular flexibility index (Phi) is 9.03. The molecule has 2 atom stereocenters. The number of rotatable bonds is 8. The topological polar surface area (TPSA) is 99.6 Å². The number of phenolic OH excluding ortho intramolecular Hbond substituents is 1. The molecule has 3 aliphatic rings. The van der Waals surface area contributed by atoms with Crippen LogP contribution in [0.2, 0.25) is 0 Å². The molecule has 1 saturated carbocycles. The first-order valence-electron chi connectivity index (χ1n) is 14.7. The van der Waals surface area contributed by atoms with E-state index in [0.717, 1.165) is 41.1 Å². The molecular formula is C32H41N3O6S. The number of likely N-dealkylation sites (tertiary alicyclic amines) is 1. The molecule has 1 N–H and O–H groups in total. The van der Waals surface area contributed by atoms with E-state index in [1.54, 1.807) is 30.2 Å². The standard InChI is InChI=1S/C32H41N3O6S/c1-32(2,3)41-31(39)33-15-13-25(21-7-5-8-24(36)17-21)26(19-33)30(38)35(22-9-10-22)23-11-12-28-27(18-23)34(14-6-16-40-4)29(37)20-42-28/h5,7-8,11-12,17-18,22,25-26,36H,6,9-10,13-16,19-20H2,1-4H3/t25-,26+/m1/s1. The number of carbonyl (C=O) groups excluding carboxylic acids is 3. The molecule has 226 valence electrons. The maximum atomic E-state index is 14.6. The van der Waals surface area contributed by atoms with Crippen LogP contribution in [-0.4, -0.2) is 78.7 Å². The number of hydrogen-bond acceptors (Lipinski definition) is 7. The molecule has 10 heteroatoms. The van der Waals surface area contributed by atoms with Gasteiger partial charge in [-0.25, -0.2) is 4.79 Å². The Bertz CT molecular complexity index is 1320. The van der Waals surface area contributed by atoms with Crippen LogP contribution in [0.15, 0.2) is 47.4 Å². The Morgan fingerprint density at radius 3 is 2.60 bits per heavy atom. The number of piperidine rings is 1. The molecule has 1 saturated heterocycles. The fourth-order valence-corrected chi connectivity index (χ4v) is 6.75. The van der Waals surface area contributed by atoms with Gasteiger partial charge < -0.3 is 29.3 Å². The summed E-state index contributed by atoms with van der Waals surface area (Å²) in [6, 6.07) is 13.1. The van der Waals surface area contributed by atoms with Gasteiger partial charge in [0.05, 0.1) is 17.4 Å². The fourth-order valence-electron chi connectivity index (χ4n) is 5.83. The van der Waals surface area contributed by atoms with Crippen molar-refractivity contribution < 1.29 is 29.0 Å². The lowest BCUT2D eigenvalue weighted by Crippen LogP contribution is -2.51. The third-order valence-corrected chi connectivity index (χ3v) is 8.97. The number of benzene rings is 2. The van der Waals surface area contributed by atoms with Gasteiger partial charge in [-0.15, -0.1) is 11.8 Å². The smallest absolute Gasteiger partial charge is 0.410 e. The van der Waals surface area contributed by atoms with Gasteiger partial charge in [0, 0.05) is 50.0 Å². The summed E-state index contributed by atoms with van der Waals surface area (Å²) in [6.07, 6.45) is 2.65. The number of ether oxygens (including phenoxy) is 2. The van der Waals surface area contributed by atoms with Crippen molar-refractivity contribution in [2.45, 2.75) is 68.9 Å². The van der Waals surface area contributed by atoms with Crippen LogP contribution in [0.4, 0.5) is 16.2 Å². The van der Waals surface area contributed by atoms with Crippen molar-refractivity contribution in [3.8, 4) is 5.75 Å². The molecule has 2 aliphatic heterocycles. The first kappa shape index (κ1) is 30.2. The van der Waals surface area contributed by atoms with Gasteiger partial charge in [0.1, 0.15) is 11.4 Å². The maximum Gasteiger partial charge on any atom is 0.410 e. The van der Waals surface area contributed by atoms with Gasteiger partial charge in [0.15, 0.2) is 0 Å². The molecule has 2 heterocycles. The van der Waals surface area contributed by atoms with Crippen LogP contribution in [-0.2, 0) is 19.1 Å². The molecule has 42 heavy (non-hydrogen) atoms. The zero-order valence-corrected chi connectivity index (χ0v) is 25.7. The second-order valence-electron chi connectivity index (χ2n) is 12.3. The molecular weight excluding hydrogens is 554 g/mol. The minimum Gasteiger partial charge on any atom is -0.508 e. The summed E-state index contributed by atoms with van der Waals surface area (Å²) in [7, 11) is 1.65.